The Balaban J connectivity index is 1.37. The van der Waals surface area contributed by atoms with Crippen molar-refractivity contribution < 1.29 is 0 Å². The maximum atomic E-state index is 4.95. The smallest absolute Gasteiger partial charge is 0.128 e. The van der Waals surface area contributed by atoms with Gasteiger partial charge < -0.3 is 9.80 Å². The van der Waals surface area contributed by atoms with Gasteiger partial charge in [0.2, 0.25) is 0 Å². The third-order valence-electron chi connectivity index (χ3n) is 12.0. The molecule has 0 atom stereocenters. The second-order valence-corrected chi connectivity index (χ2v) is 20.9. The minimum Gasteiger partial charge on any atom is -0.341 e. The molecule has 0 bridgehead atoms. The molecule has 0 fully saturated rings. The van der Waals surface area contributed by atoms with Gasteiger partial charge in [-0.2, -0.15) is 0 Å². The van der Waals surface area contributed by atoms with Crippen molar-refractivity contribution in [3.8, 4) is 0 Å². The lowest BCUT2D eigenvalue weighted by Gasteiger charge is -2.36. The molecule has 1 aliphatic heterocycles. The van der Waals surface area contributed by atoms with E-state index in [4.69, 9.17) is 19.9 Å². The van der Waals surface area contributed by atoms with E-state index < -0.39 is 15.2 Å². The molecule has 0 aliphatic carbocycles. The minimum atomic E-state index is -2.49. The molecule has 0 saturated heterocycles. The molecule has 4 aromatic heterocycles. The first-order chi connectivity index (χ1) is 29.0. The number of anilines is 4. The van der Waals surface area contributed by atoms with Crippen LogP contribution in [0.4, 0.5) is 22.7 Å². The van der Waals surface area contributed by atoms with Crippen LogP contribution in [-0.4, -0.2) is 40.7 Å². The molecule has 0 amide bonds. The summed E-state index contributed by atoms with van der Waals surface area (Å²) < 4.78 is 0. The zero-order valence-electron chi connectivity index (χ0n) is 32.9. The Morgan fingerprint density at radius 1 is 0.407 bits per heavy atom. The van der Waals surface area contributed by atoms with Gasteiger partial charge in [0.05, 0.1) is 51.5 Å². The summed E-state index contributed by atoms with van der Waals surface area (Å²) in [7, 11) is 0.822. The number of hydrogen-bond acceptors (Lipinski definition) is 6. The molecule has 6 aromatic carbocycles. The van der Waals surface area contributed by atoms with Crippen molar-refractivity contribution in [3.05, 3.63) is 183 Å². The first kappa shape index (κ1) is 35.6. The van der Waals surface area contributed by atoms with E-state index in [9.17, 15) is 0 Å². The Labute approximate surface area is 345 Å². The van der Waals surface area contributed by atoms with E-state index in [2.05, 4.69) is 164 Å². The third kappa shape index (κ3) is 5.78. The average Bonchev–Trinajstić information content (AvgIpc) is 3.30. The summed E-state index contributed by atoms with van der Waals surface area (Å²) in [5.74, 6) is 0. The lowest BCUT2D eigenvalue weighted by Crippen LogP contribution is -2.38. The van der Waals surface area contributed by atoms with E-state index in [1.54, 1.807) is 0 Å². The summed E-state index contributed by atoms with van der Waals surface area (Å²) in [6, 6.07) is 57.9. The van der Waals surface area contributed by atoms with Crippen LogP contribution in [0.3, 0.4) is 0 Å². The van der Waals surface area contributed by atoms with Crippen molar-refractivity contribution in [2.24, 2.45) is 0 Å². The summed E-state index contributed by atoms with van der Waals surface area (Å²) in [6.45, 7) is 2.50. The van der Waals surface area contributed by atoms with E-state index in [1.807, 2.05) is 49.1 Å². The fraction of sp³-hybridized carbons (Fsp3) is 0.0588. The molecule has 1 aliphatic rings. The molecule has 10 aromatic rings. The van der Waals surface area contributed by atoms with Gasteiger partial charge >= 0.3 is 0 Å². The lowest BCUT2D eigenvalue weighted by atomic mass is 10.1. The Bertz CT molecular complexity index is 3070. The van der Waals surface area contributed by atoms with Crippen LogP contribution < -0.4 is 41.6 Å². The summed E-state index contributed by atoms with van der Waals surface area (Å²) >= 11 is 0. The van der Waals surface area contributed by atoms with E-state index in [0.29, 0.717) is 0 Å². The Kier molecular flexibility index (Phi) is 8.48. The monoisotopic (exact) mass is 797 g/mol. The van der Waals surface area contributed by atoms with Crippen LogP contribution in [0.25, 0.3) is 43.6 Å². The molecular weight excluding hydrogens is 759 g/mol. The molecule has 11 rings (SSSR count). The molecule has 0 unspecified atom stereocenters. The van der Waals surface area contributed by atoms with Gasteiger partial charge in [-0.1, -0.05) is 72.8 Å². The molecule has 282 valence electrons. The maximum Gasteiger partial charge on any atom is 0.128 e. The zero-order valence-corrected chi connectivity index (χ0v) is 34.7. The highest BCUT2D eigenvalue weighted by Crippen LogP contribution is 2.58. The highest BCUT2D eigenvalue weighted by molar-refractivity contribution is 7.95. The van der Waals surface area contributed by atoms with E-state index in [-0.39, 0.29) is 0 Å². The summed E-state index contributed by atoms with van der Waals surface area (Å²) in [5.41, 5.74) is 8.31. The van der Waals surface area contributed by atoms with Crippen molar-refractivity contribution >= 4 is 113 Å². The van der Waals surface area contributed by atoms with Crippen LogP contribution in [0.5, 0.6) is 0 Å². The van der Waals surface area contributed by atoms with Gasteiger partial charge in [0.15, 0.2) is 0 Å². The van der Waals surface area contributed by atoms with Gasteiger partial charge in [0.1, 0.15) is 23.2 Å². The zero-order chi connectivity index (χ0) is 39.7. The normalized spacial score (nSPS) is 16.6. The molecule has 5 heterocycles. The molecule has 0 spiro atoms. The van der Waals surface area contributed by atoms with E-state index in [0.717, 1.165) is 66.4 Å². The molecule has 8 heteroatoms. The summed E-state index contributed by atoms with van der Waals surface area (Å²) in [4.78, 5) is 24.7. The highest BCUT2D eigenvalue weighted by atomic mass is 31.2. The van der Waals surface area contributed by atoms with Gasteiger partial charge in [0, 0.05) is 71.0 Å². The van der Waals surface area contributed by atoms with Crippen LogP contribution >= 0.6 is 15.2 Å². The van der Waals surface area contributed by atoms with Crippen LogP contribution in [0.15, 0.2) is 183 Å². The van der Waals surface area contributed by atoms with Crippen LogP contribution in [-0.2, 0) is 0 Å². The second kappa shape index (κ2) is 14.1. The van der Waals surface area contributed by atoms with Crippen molar-refractivity contribution in [3.63, 3.8) is 0 Å². The van der Waals surface area contributed by atoms with E-state index in [1.165, 1.54) is 31.8 Å². The van der Waals surface area contributed by atoms with Gasteiger partial charge in [-0.05, 0) is 98.2 Å². The van der Waals surface area contributed by atoms with Crippen molar-refractivity contribution in [1.29, 1.82) is 0 Å². The van der Waals surface area contributed by atoms with Crippen molar-refractivity contribution in [2.45, 2.75) is 0 Å². The average molecular weight is 798 g/mol. The first-order valence-electron chi connectivity index (χ1n) is 19.8. The number of rotatable bonds is 2. The largest absolute Gasteiger partial charge is 0.341 e. The molecule has 0 radical (unpaired) electrons. The topological polar surface area (TPSA) is 58.0 Å². The highest BCUT2D eigenvalue weighted by Gasteiger charge is 2.47. The van der Waals surface area contributed by atoms with Gasteiger partial charge in [-0.15, -0.1) is 0 Å². The Hall–Kier alpha value is -6.58. The number of benzene rings is 6. The number of hydrogen-bond donors (Lipinski definition) is 0. The SMILES string of the molecule is CN1c2cc3ncccc3cc2P(c2ccccc2)c2cc3cccnc3cc2N(C)c2cc3ncccc3cc2[P+](C)(c2ccccc2)c2cc3cccnc3cc21. The quantitative estimate of drug-likeness (QED) is 0.163. The van der Waals surface area contributed by atoms with Gasteiger partial charge in [0.25, 0.3) is 0 Å². The minimum absolute atomic E-state index is 0.957. The summed E-state index contributed by atoms with van der Waals surface area (Å²) in [6.07, 6.45) is 7.59. The second-order valence-electron chi connectivity index (χ2n) is 15.3. The maximum absolute atomic E-state index is 4.95. The molecule has 59 heavy (non-hydrogen) atoms. The molecule has 0 N–H and O–H groups in total. The summed E-state index contributed by atoms with van der Waals surface area (Å²) in [5, 5.41) is 12.1. The number of aromatic nitrogens is 4. The predicted molar refractivity (Wildman–Crippen MR) is 254 cm³/mol. The van der Waals surface area contributed by atoms with Crippen molar-refractivity contribution in [2.75, 3.05) is 30.6 Å². The Morgan fingerprint density at radius 3 is 1.20 bits per heavy atom. The molecule has 6 nitrogen and oxygen atoms in total. The van der Waals surface area contributed by atoms with Crippen LogP contribution in [0, 0.1) is 0 Å². The third-order valence-corrected chi connectivity index (χ3v) is 18.4. The molecule has 0 saturated carbocycles. The van der Waals surface area contributed by atoms with Crippen LogP contribution in [0.1, 0.15) is 0 Å². The first-order valence-corrected chi connectivity index (χ1v) is 23.3. The fourth-order valence-electron chi connectivity index (χ4n) is 8.92. The Morgan fingerprint density at radius 2 is 0.780 bits per heavy atom. The van der Waals surface area contributed by atoms with Gasteiger partial charge in [-0.25, -0.2) is 0 Å². The number of nitrogens with zero attached hydrogens (tertiary/aromatic N) is 6. The molecular formula is C51H39N6P2+. The number of fused-ring (bicyclic) bond motifs is 8. The van der Waals surface area contributed by atoms with E-state index >= 15 is 0 Å². The van der Waals surface area contributed by atoms with Crippen molar-refractivity contribution in [1.82, 2.24) is 19.9 Å². The fourth-order valence-corrected chi connectivity index (χ4v) is 15.4. The standard InChI is InChI=1S/C51H39N6P2/c1-56-44-30-40-34(14-10-22-52-40)26-48(44)58(38-18-6-4-7-19-38)49-27-35-15-11-23-53-41(35)31-45(49)57(2)47-33-43-37(17-13-25-55-43)29-51(47)59(3,39-20-8-5-9-21-39)50-28-36-16-12-24-54-42(36)32-46(50)56/h4-33H,1-3H3/q+1. The van der Waals surface area contributed by atoms with Gasteiger partial charge in [-0.3, -0.25) is 19.9 Å². The van der Waals surface area contributed by atoms with Crippen LogP contribution in [0.2, 0.25) is 0 Å². The lowest BCUT2D eigenvalue weighted by molar-refractivity contribution is 1.22. The number of pyridine rings is 4. The predicted octanol–water partition coefficient (Wildman–Crippen LogP) is 9.41.